The van der Waals surface area contributed by atoms with Crippen LogP contribution in [0.4, 0.5) is 0 Å². The molecule has 0 spiro atoms. The Balaban J connectivity index is 1.15. The van der Waals surface area contributed by atoms with E-state index in [1.54, 1.807) is 0 Å². The smallest absolute Gasteiger partial charge is 0.164 e. The maximum atomic E-state index is 5.19. The summed E-state index contributed by atoms with van der Waals surface area (Å²) in [6, 6.07) is 52.5. The standard InChI is InChI=1S/C48H33N3/c1-3-12-34(13-4-1)46-49-47(35-14-5-2-6-15-35)51-48(50-46)42-26-25-41(44-30-40-28-37-17-9-10-18-38(37)29-43(40)45(42)44)33-22-19-32(20-23-33)39-24-21-31-11-7-8-16-36(31)27-39/h1,3-5,7-29H,2,6,30H2. The Hall–Kier alpha value is -6.45. The second-order valence-electron chi connectivity index (χ2n) is 13.5. The molecule has 10 rings (SSSR count). The molecule has 8 aromatic rings. The van der Waals surface area contributed by atoms with Gasteiger partial charge in [0.25, 0.3) is 0 Å². The topological polar surface area (TPSA) is 38.7 Å². The summed E-state index contributed by atoms with van der Waals surface area (Å²) in [4.78, 5) is 15.4. The highest BCUT2D eigenvalue weighted by Crippen LogP contribution is 2.48. The van der Waals surface area contributed by atoms with Crippen LogP contribution in [-0.2, 0) is 6.42 Å². The van der Waals surface area contributed by atoms with Crippen molar-refractivity contribution in [2.75, 3.05) is 0 Å². The van der Waals surface area contributed by atoms with Gasteiger partial charge >= 0.3 is 0 Å². The monoisotopic (exact) mass is 651 g/mol. The van der Waals surface area contributed by atoms with E-state index in [1.165, 1.54) is 66.1 Å². The first-order valence-electron chi connectivity index (χ1n) is 17.7. The number of hydrogen-bond donors (Lipinski definition) is 0. The molecular weight excluding hydrogens is 619 g/mol. The Morgan fingerprint density at radius 1 is 0.412 bits per heavy atom. The van der Waals surface area contributed by atoms with Gasteiger partial charge in [-0.1, -0.05) is 146 Å². The number of rotatable bonds is 5. The van der Waals surface area contributed by atoms with E-state index >= 15 is 0 Å². The predicted molar refractivity (Wildman–Crippen MR) is 211 cm³/mol. The molecule has 1 heterocycles. The van der Waals surface area contributed by atoms with Crippen LogP contribution < -0.4 is 0 Å². The van der Waals surface area contributed by atoms with Crippen molar-refractivity contribution in [3.05, 3.63) is 181 Å². The molecule has 240 valence electrons. The molecule has 0 bridgehead atoms. The van der Waals surface area contributed by atoms with Gasteiger partial charge in [0.1, 0.15) is 0 Å². The minimum absolute atomic E-state index is 0.689. The molecule has 3 nitrogen and oxygen atoms in total. The van der Waals surface area contributed by atoms with Crippen molar-refractivity contribution in [3.63, 3.8) is 0 Å². The van der Waals surface area contributed by atoms with E-state index in [0.29, 0.717) is 17.5 Å². The van der Waals surface area contributed by atoms with Crippen molar-refractivity contribution < 1.29 is 0 Å². The van der Waals surface area contributed by atoms with Gasteiger partial charge in [0.05, 0.1) is 0 Å². The molecule has 1 aromatic heterocycles. The maximum absolute atomic E-state index is 5.19. The van der Waals surface area contributed by atoms with Gasteiger partial charge in [-0.05, 0) is 104 Å². The van der Waals surface area contributed by atoms with Crippen molar-refractivity contribution >= 4 is 27.1 Å². The van der Waals surface area contributed by atoms with Gasteiger partial charge in [-0.3, -0.25) is 0 Å². The second kappa shape index (κ2) is 12.2. The number of allylic oxidation sites excluding steroid dienone is 4. The number of hydrogen-bond acceptors (Lipinski definition) is 3. The van der Waals surface area contributed by atoms with Crippen LogP contribution in [0.5, 0.6) is 0 Å². The highest BCUT2D eigenvalue weighted by molar-refractivity contribution is 5.99. The van der Waals surface area contributed by atoms with Crippen LogP contribution in [0, 0.1) is 0 Å². The van der Waals surface area contributed by atoms with E-state index in [2.05, 4.69) is 146 Å². The van der Waals surface area contributed by atoms with Crippen molar-refractivity contribution in [1.82, 2.24) is 15.0 Å². The molecule has 0 aliphatic heterocycles. The van der Waals surface area contributed by atoms with Gasteiger partial charge < -0.3 is 0 Å². The largest absolute Gasteiger partial charge is 0.208 e. The lowest BCUT2D eigenvalue weighted by Gasteiger charge is -2.16. The lowest BCUT2D eigenvalue weighted by atomic mass is 9.90. The number of benzene rings is 7. The van der Waals surface area contributed by atoms with E-state index in [0.717, 1.165) is 36.0 Å². The molecule has 3 heteroatoms. The van der Waals surface area contributed by atoms with Crippen molar-refractivity contribution in [2.45, 2.75) is 19.3 Å². The number of fused-ring (bicyclic) bond motifs is 5. The zero-order chi connectivity index (χ0) is 33.7. The molecule has 0 atom stereocenters. The molecule has 0 radical (unpaired) electrons. The number of nitrogens with zero attached hydrogens (tertiary/aromatic N) is 3. The summed E-state index contributed by atoms with van der Waals surface area (Å²) in [6.45, 7) is 0. The average Bonchev–Trinajstić information content (AvgIpc) is 3.58. The van der Waals surface area contributed by atoms with Crippen LogP contribution in [-0.4, -0.2) is 15.0 Å². The van der Waals surface area contributed by atoms with Crippen molar-refractivity contribution in [2.24, 2.45) is 0 Å². The zero-order valence-electron chi connectivity index (χ0n) is 28.1. The summed E-state index contributed by atoms with van der Waals surface area (Å²) in [5.41, 5.74) is 13.1. The highest BCUT2D eigenvalue weighted by Gasteiger charge is 2.28. The summed E-state index contributed by atoms with van der Waals surface area (Å²) < 4.78 is 0. The van der Waals surface area contributed by atoms with Crippen LogP contribution in [0.2, 0.25) is 0 Å². The fourth-order valence-electron chi connectivity index (χ4n) is 7.78. The summed E-state index contributed by atoms with van der Waals surface area (Å²) >= 11 is 0. The first-order chi connectivity index (χ1) is 25.2. The maximum Gasteiger partial charge on any atom is 0.164 e. The lowest BCUT2D eigenvalue weighted by Crippen LogP contribution is -2.04. The lowest BCUT2D eigenvalue weighted by molar-refractivity contribution is 1.01. The molecule has 2 aliphatic rings. The quantitative estimate of drug-likeness (QED) is 0.186. The van der Waals surface area contributed by atoms with E-state index < -0.39 is 0 Å². The van der Waals surface area contributed by atoms with Crippen LogP contribution in [0.3, 0.4) is 0 Å². The van der Waals surface area contributed by atoms with Gasteiger partial charge in [0.15, 0.2) is 17.5 Å². The summed E-state index contributed by atoms with van der Waals surface area (Å²) in [7, 11) is 0. The molecule has 0 saturated heterocycles. The Kier molecular flexibility index (Phi) is 7.02. The SMILES string of the molecule is C1=CC(c2nc(-c3ccccc3)nc(-c3ccc(-c4ccc(-c5ccc6ccccc6c5)cc4)c4c3-c3cc5ccccc5cc3C4)n2)=CCC1. The molecule has 0 unspecified atom stereocenters. The van der Waals surface area contributed by atoms with Crippen molar-refractivity contribution in [3.8, 4) is 56.2 Å². The first-order valence-corrected chi connectivity index (χ1v) is 17.7. The molecule has 0 fully saturated rings. The Morgan fingerprint density at radius 3 is 1.84 bits per heavy atom. The third kappa shape index (κ3) is 5.26. The molecule has 0 N–H and O–H groups in total. The minimum atomic E-state index is 0.689. The molecule has 0 amide bonds. The Labute approximate surface area is 297 Å². The zero-order valence-corrected chi connectivity index (χ0v) is 28.1. The van der Waals surface area contributed by atoms with Gasteiger partial charge in [-0.15, -0.1) is 0 Å². The molecular formula is C48H33N3. The third-order valence-electron chi connectivity index (χ3n) is 10.4. The molecule has 2 aliphatic carbocycles. The van der Waals surface area contributed by atoms with E-state index in [1.807, 2.05) is 18.2 Å². The van der Waals surface area contributed by atoms with E-state index in [4.69, 9.17) is 15.0 Å². The average molecular weight is 652 g/mol. The van der Waals surface area contributed by atoms with Gasteiger partial charge in [-0.2, -0.15) is 0 Å². The fourth-order valence-corrected chi connectivity index (χ4v) is 7.78. The van der Waals surface area contributed by atoms with E-state index in [9.17, 15) is 0 Å². The summed E-state index contributed by atoms with van der Waals surface area (Å²) in [6.07, 6.45) is 9.47. The van der Waals surface area contributed by atoms with Crippen LogP contribution in [0.1, 0.15) is 29.8 Å². The van der Waals surface area contributed by atoms with Gasteiger partial charge in [0.2, 0.25) is 0 Å². The van der Waals surface area contributed by atoms with Gasteiger partial charge in [0, 0.05) is 16.7 Å². The van der Waals surface area contributed by atoms with Crippen LogP contribution in [0.25, 0.3) is 83.3 Å². The van der Waals surface area contributed by atoms with Gasteiger partial charge in [-0.25, -0.2) is 15.0 Å². The molecule has 7 aromatic carbocycles. The molecule has 51 heavy (non-hydrogen) atoms. The summed E-state index contributed by atoms with van der Waals surface area (Å²) in [5.74, 6) is 2.11. The first kappa shape index (κ1) is 29.5. The van der Waals surface area contributed by atoms with E-state index in [-0.39, 0.29) is 0 Å². The van der Waals surface area contributed by atoms with Crippen molar-refractivity contribution in [1.29, 1.82) is 0 Å². The predicted octanol–water partition coefficient (Wildman–Crippen LogP) is 12.2. The van der Waals surface area contributed by atoms with Crippen LogP contribution >= 0.6 is 0 Å². The molecule has 0 saturated carbocycles. The third-order valence-corrected chi connectivity index (χ3v) is 10.4. The summed E-state index contributed by atoms with van der Waals surface area (Å²) in [5, 5.41) is 5.01. The number of aromatic nitrogens is 3. The Bertz CT molecular complexity index is 2700. The van der Waals surface area contributed by atoms with Crippen LogP contribution in [0.15, 0.2) is 164 Å². The second-order valence-corrected chi connectivity index (χ2v) is 13.5. The minimum Gasteiger partial charge on any atom is -0.208 e. The Morgan fingerprint density at radius 2 is 1.06 bits per heavy atom. The normalized spacial score (nSPS) is 13.3. The fraction of sp³-hybridized carbons (Fsp3) is 0.0625. The highest BCUT2D eigenvalue weighted by atomic mass is 15.0.